The van der Waals surface area contributed by atoms with Crippen molar-refractivity contribution in [2.24, 2.45) is 0 Å². The lowest BCUT2D eigenvalue weighted by Gasteiger charge is -2.28. The summed E-state index contributed by atoms with van der Waals surface area (Å²) in [7, 11) is 1.78. The first-order chi connectivity index (χ1) is 5.59. The van der Waals surface area contributed by atoms with Gasteiger partial charge in [-0.05, 0) is 6.42 Å². The quantitative estimate of drug-likeness (QED) is 0.589. The van der Waals surface area contributed by atoms with E-state index in [1.807, 2.05) is 0 Å². The van der Waals surface area contributed by atoms with Crippen molar-refractivity contribution in [3.8, 4) is 0 Å². The van der Waals surface area contributed by atoms with E-state index < -0.39 is 0 Å². The Morgan fingerprint density at radius 1 is 1.67 bits per heavy atom. The van der Waals surface area contributed by atoms with Crippen LogP contribution in [0.3, 0.4) is 0 Å². The van der Waals surface area contributed by atoms with E-state index in [2.05, 4.69) is 5.32 Å². The van der Waals surface area contributed by atoms with E-state index in [1.54, 1.807) is 11.9 Å². The molecule has 1 rings (SSSR count). The van der Waals surface area contributed by atoms with E-state index in [0.717, 1.165) is 13.0 Å². The predicted molar refractivity (Wildman–Crippen MR) is 44.5 cm³/mol. The topological polar surface area (TPSA) is 49.4 Å². The fourth-order valence-electron chi connectivity index (χ4n) is 1.35. The van der Waals surface area contributed by atoms with Crippen molar-refractivity contribution in [2.45, 2.75) is 25.8 Å². The third kappa shape index (κ3) is 2.22. The second-order valence-electron chi connectivity index (χ2n) is 3.21. The Morgan fingerprint density at radius 3 is 2.83 bits per heavy atom. The molecular formula is C8H14N2O2. The third-order valence-electron chi connectivity index (χ3n) is 2.07. The van der Waals surface area contributed by atoms with Crippen LogP contribution >= 0.6 is 0 Å². The molecule has 0 aliphatic carbocycles. The summed E-state index contributed by atoms with van der Waals surface area (Å²) in [4.78, 5) is 23.5. The molecule has 4 heteroatoms. The summed E-state index contributed by atoms with van der Waals surface area (Å²) in [6.45, 7) is 2.21. The Balaban J connectivity index is 2.40. The predicted octanol–water partition coefficient (Wildman–Crippen LogP) is -0.257. The SMILES string of the molecule is CC(=O)NC1CCN(C)C(=O)C1. The van der Waals surface area contributed by atoms with E-state index in [1.165, 1.54) is 6.92 Å². The molecule has 1 fully saturated rings. The molecule has 12 heavy (non-hydrogen) atoms. The molecule has 0 aromatic heterocycles. The van der Waals surface area contributed by atoms with Crippen molar-refractivity contribution in [3.63, 3.8) is 0 Å². The molecule has 1 aliphatic heterocycles. The highest BCUT2D eigenvalue weighted by molar-refractivity contribution is 5.79. The molecule has 0 radical (unpaired) electrons. The van der Waals surface area contributed by atoms with Crippen LogP contribution in [0.15, 0.2) is 0 Å². The van der Waals surface area contributed by atoms with Gasteiger partial charge < -0.3 is 10.2 Å². The minimum Gasteiger partial charge on any atom is -0.353 e. The fourth-order valence-corrected chi connectivity index (χ4v) is 1.35. The highest BCUT2D eigenvalue weighted by Gasteiger charge is 2.23. The van der Waals surface area contributed by atoms with Crippen LogP contribution in [0.25, 0.3) is 0 Å². The lowest BCUT2D eigenvalue weighted by Crippen LogP contribution is -2.45. The zero-order valence-electron chi connectivity index (χ0n) is 7.46. The van der Waals surface area contributed by atoms with E-state index in [-0.39, 0.29) is 17.9 Å². The zero-order valence-corrected chi connectivity index (χ0v) is 7.46. The standard InChI is InChI=1S/C8H14N2O2/c1-6(11)9-7-3-4-10(2)8(12)5-7/h7H,3-5H2,1-2H3,(H,9,11). The van der Waals surface area contributed by atoms with Gasteiger partial charge in [-0.15, -0.1) is 0 Å². The number of nitrogens with zero attached hydrogens (tertiary/aromatic N) is 1. The van der Waals surface area contributed by atoms with Gasteiger partial charge >= 0.3 is 0 Å². The molecule has 1 saturated heterocycles. The maximum absolute atomic E-state index is 11.2. The summed E-state index contributed by atoms with van der Waals surface area (Å²) in [6.07, 6.45) is 1.30. The monoisotopic (exact) mass is 170 g/mol. The van der Waals surface area contributed by atoms with Crippen molar-refractivity contribution < 1.29 is 9.59 Å². The van der Waals surface area contributed by atoms with Crippen molar-refractivity contribution >= 4 is 11.8 Å². The van der Waals surface area contributed by atoms with E-state index in [4.69, 9.17) is 0 Å². The first-order valence-corrected chi connectivity index (χ1v) is 4.10. The van der Waals surface area contributed by atoms with Gasteiger partial charge in [0.2, 0.25) is 11.8 Å². The molecule has 0 saturated carbocycles. The molecule has 4 nitrogen and oxygen atoms in total. The van der Waals surface area contributed by atoms with Crippen LogP contribution < -0.4 is 5.32 Å². The number of carbonyl (C=O) groups is 2. The van der Waals surface area contributed by atoms with Gasteiger partial charge in [-0.25, -0.2) is 0 Å². The van der Waals surface area contributed by atoms with Gasteiger partial charge in [0.15, 0.2) is 0 Å². The first-order valence-electron chi connectivity index (χ1n) is 4.10. The van der Waals surface area contributed by atoms with Gasteiger partial charge in [0.25, 0.3) is 0 Å². The van der Waals surface area contributed by atoms with Crippen LogP contribution in [0, 0.1) is 0 Å². The summed E-state index contributed by atoms with van der Waals surface area (Å²) in [5.41, 5.74) is 0. The lowest BCUT2D eigenvalue weighted by atomic mass is 10.1. The van der Waals surface area contributed by atoms with Crippen LogP contribution in [-0.4, -0.2) is 36.3 Å². The molecule has 2 amide bonds. The second kappa shape index (κ2) is 3.56. The largest absolute Gasteiger partial charge is 0.353 e. The molecular weight excluding hydrogens is 156 g/mol. The van der Waals surface area contributed by atoms with Gasteiger partial charge in [-0.2, -0.15) is 0 Å². The van der Waals surface area contributed by atoms with Crippen LogP contribution in [0.4, 0.5) is 0 Å². The number of carbonyl (C=O) groups excluding carboxylic acids is 2. The summed E-state index contributed by atoms with van der Waals surface area (Å²) >= 11 is 0. The number of likely N-dealkylation sites (tertiary alicyclic amines) is 1. The molecule has 68 valence electrons. The molecule has 0 spiro atoms. The van der Waals surface area contributed by atoms with E-state index >= 15 is 0 Å². The first kappa shape index (κ1) is 9.03. The number of rotatable bonds is 1. The van der Waals surface area contributed by atoms with E-state index in [0.29, 0.717) is 6.42 Å². The molecule has 1 aliphatic rings. The fraction of sp³-hybridized carbons (Fsp3) is 0.750. The number of nitrogens with one attached hydrogen (secondary N) is 1. The molecule has 0 aromatic rings. The summed E-state index contributed by atoms with van der Waals surface area (Å²) in [6, 6.07) is 0.0474. The molecule has 1 unspecified atom stereocenters. The Bertz CT molecular complexity index is 203. The average Bonchev–Trinajstić information content (AvgIpc) is 1.96. The van der Waals surface area contributed by atoms with Gasteiger partial charge in [-0.1, -0.05) is 0 Å². The van der Waals surface area contributed by atoms with Gasteiger partial charge in [-0.3, -0.25) is 9.59 Å². The van der Waals surface area contributed by atoms with Crippen molar-refractivity contribution in [2.75, 3.05) is 13.6 Å². The van der Waals surface area contributed by atoms with Crippen LogP contribution in [-0.2, 0) is 9.59 Å². The Hall–Kier alpha value is -1.06. The van der Waals surface area contributed by atoms with Crippen LogP contribution in [0.2, 0.25) is 0 Å². The molecule has 1 N–H and O–H groups in total. The third-order valence-corrected chi connectivity index (χ3v) is 2.07. The summed E-state index contributed by atoms with van der Waals surface area (Å²) in [5, 5.41) is 2.75. The summed E-state index contributed by atoms with van der Waals surface area (Å²) < 4.78 is 0. The Morgan fingerprint density at radius 2 is 2.33 bits per heavy atom. The number of piperidine rings is 1. The number of hydrogen-bond acceptors (Lipinski definition) is 2. The van der Waals surface area contributed by atoms with E-state index in [9.17, 15) is 9.59 Å². The highest BCUT2D eigenvalue weighted by Crippen LogP contribution is 2.09. The Labute approximate surface area is 71.9 Å². The van der Waals surface area contributed by atoms with Gasteiger partial charge in [0, 0.05) is 33.0 Å². The van der Waals surface area contributed by atoms with Gasteiger partial charge in [0.05, 0.1) is 0 Å². The Kier molecular flexibility index (Phi) is 2.68. The van der Waals surface area contributed by atoms with Crippen molar-refractivity contribution in [1.29, 1.82) is 0 Å². The lowest BCUT2D eigenvalue weighted by molar-refractivity contribution is -0.133. The highest BCUT2D eigenvalue weighted by atomic mass is 16.2. The molecule has 1 atom stereocenters. The molecule has 0 bridgehead atoms. The van der Waals surface area contributed by atoms with Crippen LogP contribution in [0.1, 0.15) is 19.8 Å². The maximum Gasteiger partial charge on any atom is 0.224 e. The smallest absolute Gasteiger partial charge is 0.224 e. The van der Waals surface area contributed by atoms with Crippen molar-refractivity contribution in [3.05, 3.63) is 0 Å². The minimum absolute atomic E-state index is 0.0474. The van der Waals surface area contributed by atoms with Gasteiger partial charge in [0.1, 0.15) is 0 Å². The second-order valence-corrected chi connectivity index (χ2v) is 3.21. The van der Waals surface area contributed by atoms with Crippen molar-refractivity contribution in [1.82, 2.24) is 10.2 Å². The molecule has 1 heterocycles. The van der Waals surface area contributed by atoms with Crippen LogP contribution in [0.5, 0.6) is 0 Å². The zero-order chi connectivity index (χ0) is 9.14. The molecule has 0 aromatic carbocycles. The maximum atomic E-state index is 11.2. The minimum atomic E-state index is -0.0580. The summed E-state index contributed by atoms with van der Waals surface area (Å²) in [5.74, 6) is 0.0531. The normalized spacial score (nSPS) is 24.0. The number of amides is 2. The number of hydrogen-bond donors (Lipinski definition) is 1. The average molecular weight is 170 g/mol.